The summed E-state index contributed by atoms with van der Waals surface area (Å²) in [6.45, 7) is 3.89. The Morgan fingerprint density at radius 3 is 2.80 bits per heavy atom. The normalized spacial score (nSPS) is 10.8. The molecular weight excluding hydrogens is 190 g/mol. The number of aromatic nitrogens is 1. The predicted octanol–water partition coefficient (Wildman–Crippen LogP) is 1.08. The van der Waals surface area contributed by atoms with E-state index in [4.69, 9.17) is 0 Å². The summed E-state index contributed by atoms with van der Waals surface area (Å²) in [5.74, 6) is -1.04. The Morgan fingerprint density at radius 1 is 1.40 bits per heavy atom. The van der Waals surface area contributed by atoms with Gasteiger partial charge in [0.05, 0.1) is 0 Å². The number of carbonyl (C=O) groups excluding carboxylic acids is 1. The second-order valence-electron chi connectivity index (χ2n) is 3.77. The third-order valence-corrected chi connectivity index (χ3v) is 2.68. The van der Waals surface area contributed by atoms with Crippen molar-refractivity contribution in [3.05, 3.63) is 35.0 Å². The molecule has 0 saturated carbocycles. The highest BCUT2D eigenvalue weighted by molar-refractivity contribution is 5.89. The summed E-state index contributed by atoms with van der Waals surface area (Å²) in [6, 6.07) is 5.87. The zero-order chi connectivity index (χ0) is 11.0. The first kappa shape index (κ1) is 9.77. The number of carboxylic acids is 1. The largest absolute Gasteiger partial charge is 0.550 e. The van der Waals surface area contributed by atoms with Crippen LogP contribution in [-0.4, -0.2) is 11.0 Å². The molecule has 0 spiro atoms. The van der Waals surface area contributed by atoms with Crippen molar-refractivity contribution in [3.8, 4) is 0 Å². The summed E-state index contributed by atoms with van der Waals surface area (Å²) in [5, 5.41) is 11.6. The smallest absolute Gasteiger partial charge is 0.0488 e. The number of aromatic amines is 1. The molecule has 0 saturated heterocycles. The minimum atomic E-state index is -1.04. The van der Waals surface area contributed by atoms with Crippen molar-refractivity contribution in [3.63, 3.8) is 0 Å². The lowest BCUT2D eigenvalue weighted by Crippen LogP contribution is -2.24. The molecule has 3 nitrogen and oxygen atoms in total. The van der Waals surface area contributed by atoms with Crippen LogP contribution in [0.15, 0.2) is 18.2 Å². The van der Waals surface area contributed by atoms with Gasteiger partial charge >= 0.3 is 0 Å². The fraction of sp³-hybridized carbons (Fsp3) is 0.250. The number of aryl methyl sites for hydroxylation is 2. The monoisotopic (exact) mass is 202 g/mol. The predicted molar refractivity (Wildman–Crippen MR) is 56.5 cm³/mol. The summed E-state index contributed by atoms with van der Waals surface area (Å²) in [6.07, 6.45) is -0.0325. The van der Waals surface area contributed by atoms with Crippen molar-refractivity contribution in [1.29, 1.82) is 0 Å². The van der Waals surface area contributed by atoms with Gasteiger partial charge in [0, 0.05) is 29.0 Å². The van der Waals surface area contributed by atoms with E-state index in [-0.39, 0.29) is 6.42 Å². The van der Waals surface area contributed by atoms with Gasteiger partial charge in [-0.1, -0.05) is 18.2 Å². The summed E-state index contributed by atoms with van der Waals surface area (Å²) in [5.41, 5.74) is 3.88. The lowest BCUT2D eigenvalue weighted by molar-refractivity contribution is -0.304. The van der Waals surface area contributed by atoms with E-state index in [1.807, 2.05) is 32.0 Å². The molecule has 0 unspecified atom stereocenters. The highest BCUT2D eigenvalue weighted by Gasteiger charge is 2.09. The number of nitrogens with one attached hydrogen (secondary N) is 1. The Balaban J connectivity index is 2.68. The van der Waals surface area contributed by atoms with Crippen LogP contribution >= 0.6 is 0 Å². The van der Waals surface area contributed by atoms with Crippen molar-refractivity contribution in [2.45, 2.75) is 20.3 Å². The average Bonchev–Trinajstić information content (AvgIpc) is 2.45. The molecule has 1 N–H and O–H groups in total. The van der Waals surface area contributed by atoms with Crippen LogP contribution in [0.25, 0.3) is 10.9 Å². The Labute approximate surface area is 87.7 Å². The molecule has 2 aromatic rings. The summed E-state index contributed by atoms with van der Waals surface area (Å²) >= 11 is 0. The molecule has 2 rings (SSSR count). The molecule has 78 valence electrons. The van der Waals surface area contributed by atoms with Gasteiger partial charge in [0.2, 0.25) is 0 Å². The molecule has 0 aliphatic carbocycles. The molecule has 0 bridgehead atoms. The first-order valence-corrected chi connectivity index (χ1v) is 4.86. The zero-order valence-corrected chi connectivity index (χ0v) is 8.76. The van der Waals surface area contributed by atoms with Crippen molar-refractivity contribution < 1.29 is 9.90 Å². The molecule has 0 radical (unpaired) electrons. The SMILES string of the molecule is Cc1[nH]c2c(C)cccc2c1CC(=O)[O-]. The Morgan fingerprint density at radius 2 is 2.13 bits per heavy atom. The van der Waals surface area contributed by atoms with Crippen molar-refractivity contribution in [2.24, 2.45) is 0 Å². The zero-order valence-electron chi connectivity index (χ0n) is 8.76. The Kier molecular flexibility index (Phi) is 2.23. The summed E-state index contributed by atoms with van der Waals surface area (Å²) < 4.78 is 0. The first-order valence-electron chi connectivity index (χ1n) is 4.86. The lowest BCUT2D eigenvalue weighted by atomic mass is 10.1. The number of hydrogen-bond donors (Lipinski definition) is 1. The van der Waals surface area contributed by atoms with E-state index in [0.717, 1.165) is 27.7 Å². The molecule has 3 heteroatoms. The van der Waals surface area contributed by atoms with Crippen LogP contribution in [0.4, 0.5) is 0 Å². The number of rotatable bonds is 2. The quantitative estimate of drug-likeness (QED) is 0.792. The van der Waals surface area contributed by atoms with Crippen LogP contribution in [0.3, 0.4) is 0 Å². The number of carbonyl (C=O) groups is 1. The lowest BCUT2D eigenvalue weighted by Gasteiger charge is -2.02. The molecule has 15 heavy (non-hydrogen) atoms. The van der Waals surface area contributed by atoms with Crippen LogP contribution < -0.4 is 5.11 Å². The van der Waals surface area contributed by atoms with Gasteiger partial charge in [-0.05, 0) is 25.0 Å². The van der Waals surface area contributed by atoms with Gasteiger partial charge < -0.3 is 14.9 Å². The van der Waals surface area contributed by atoms with Gasteiger partial charge in [0.25, 0.3) is 0 Å². The summed E-state index contributed by atoms with van der Waals surface area (Å²) in [4.78, 5) is 13.8. The third kappa shape index (κ3) is 1.61. The number of aliphatic carboxylic acids is 1. The van der Waals surface area contributed by atoms with Gasteiger partial charge in [-0.3, -0.25) is 0 Å². The average molecular weight is 202 g/mol. The molecule has 0 amide bonds. The highest BCUT2D eigenvalue weighted by Crippen LogP contribution is 2.24. The van der Waals surface area contributed by atoms with Crippen LogP contribution in [-0.2, 0) is 11.2 Å². The van der Waals surface area contributed by atoms with Crippen LogP contribution in [0.2, 0.25) is 0 Å². The number of carboxylic acid groups (broad SMARTS) is 1. The molecule has 0 atom stereocenters. The van der Waals surface area contributed by atoms with E-state index >= 15 is 0 Å². The molecule has 1 aromatic heterocycles. The van der Waals surface area contributed by atoms with Gasteiger partial charge in [-0.2, -0.15) is 0 Å². The van der Waals surface area contributed by atoms with Gasteiger partial charge in [0.15, 0.2) is 0 Å². The Hall–Kier alpha value is -1.77. The van der Waals surface area contributed by atoms with E-state index in [9.17, 15) is 9.90 Å². The number of fused-ring (bicyclic) bond motifs is 1. The molecule has 1 aromatic carbocycles. The number of benzene rings is 1. The van der Waals surface area contributed by atoms with Crippen LogP contribution in [0.5, 0.6) is 0 Å². The minimum Gasteiger partial charge on any atom is -0.550 e. The maximum atomic E-state index is 10.6. The van der Waals surface area contributed by atoms with E-state index in [1.54, 1.807) is 0 Å². The van der Waals surface area contributed by atoms with Crippen LogP contribution in [0.1, 0.15) is 16.8 Å². The topological polar surface area (TPSA) is 55.9 Å². The number of hydrogen-bond acceptors (Lipinski definition) is 2. The summed E-state index contributed by atoms with van der Waals surface area (Å²) in [7, 11) is 0. The molecule has 0 aliphatic rings. The fourth-order valence-corrected chi connectivity index (χ4v) is 1.92. The Bertz CT molecular complexity index is 526. The maximum Gasteiger partial charge on any atom is 0.0488 e. The van der Waals surface area contributed by atoms with E-state index < -0.39 is 5.97 Å². The number of para-hydroxylation sites is 1. The van der Waals surface area contributed by atoms with Gasteiger partial charge in [-0.15, -0.1) is 0 Å². The standard InChI is InChI=1S/C12H13NO2/c1-7-4-3-5-9-10(6-11(14)15)8(2)13-12(7)9/h3-5,13H,6H2,1-2H3,(H,14,15)/p-1. The molecule has 1 heterocycles. The molecule has 0 aliphatic heterocycles. The first-order chi connectivity index (χ1) is 7.09. The molecule has 0 fully saturated rings. The van der Waals surface area contributed by atoms with Crippen LogP contribution in [0, 0.1) is 13.8 Å². The minimum absolute atomic E-state index is 0.0325. The highest BCUT2D eigenvalue weighted by atomic mass is 16.4. The van der Waals surface area contributed by atoms with Gasteiger partial charge in [-0.25, -0.2) is 0 Å². The number of H-pyrrole nitrogens is 1. The van der Waals surface area contributed by atoms with Crippen molar-refractivity contribution >= 4 is 16.9 Å². The van der Waals surface area contributed by atoms with E-state index in [0.29, 0.717) is 0 Å². The van der Waals surface area contributed by atoms with Crippen molar-refractivity contribution in [1.82, 2.24) is 4.98 Å². The molecular formula is C12H12NO2-. The second kappa shape index (κ2) is 3.42. The second-order valence-corrected chi connectivity index (χ2v) is 3.77. The fourth-order valence-electron chi connectivity index (χ4n) is 1.92. The van der Waals surface area contributed by atoms with Gasteiger partial charge in [0.1, 0.15) is 0 Å². The third-order valence-electron chi connectivity index (χ3n) is 2.68. The maximum absolute atomic E-state index is 10.6. The van der Waals surface area contributed by atoms with E-state index in [1.165, 1.54) is 0 Å². The van der Waals surface area contributed by atoms with Crippen molar-refractivity contribution in [2.75, 3.05) is 0 Å². The van der Waals surface area contributed by atoms with E-state index in [2.05, 4.69) is 4.98 Å².